The highest BCUT2D eigenvalue weighted by Gasteiger charge is 2.64. The maximum atomic E-state index is 15.4. The van der Waals surface area contributed by atoms with Crippen LogP contribution in [-0.4, -0.2) is 184 Å². The number of benzene rings is 10. The van der Waals surface area contributed by atoms with Crippen molar-refractivity contribution in [3.05, 3.63) is 359 Å². The fourth-order valence-electron chi connectivity index (χ4n) is 13.8. The number of fused-ring (bicyclic) bond motifs is 2. The Morgan fingerprint density at radius 2 is 0.605 bits per heavy atom. The zero-order valence-electron chi connectivity index (χ0n) is 63.5. The first kappa shape index (κ1) is 82.2. The van der Waals surface area contributed by atoms with E-state index in [0.717, 1.165) is 6.92 Å². The lowest BCUT2D eigenvalue weighted by Gasteiger charge is -2.50. The highest BCUT2D eigenvalue weighted by Crippen LogP contribution is 2.44. The molecule has 4 fully saturated rings. The molecule has 4 aliphatic heterocycles. The highest BCUT2D eigenvalue weighted by molar-refractivity contribution is 5.94. The maximum absolute atomic E-state index is 15.4. The molecule has 17 atom stereocenters. The Bertz CT molecular complexity index is 5080. The molecular formula is C92H78O27. The molecule has 4 heterocycles. The molecule has 10 aromatic carbocycles. The van der Waals surface area contributed by atoms with Gasteiger partial charge in [-0.2, -0.15) is 0 Å². The van der Waals surface area contributed by atoms with Crippen molar-refractivity contribution in [3.8, 4) is 0 Å². The molecule has 0 saturated carbocycles. The number of hydrogen-bond acceptors (Lipinski definition) is 27. The molecule has 0 aliphatic carbocycles. The van der Waals surface area contributed by atoms with E-state index in [1.807, 2.05) is 0 Å². The fourth-order valence-corrected chi connectivity index (χ4v) is 13.8. The van der Waals surface area contributed by atoms with Crippen LogP contribution in [0, 0.1) is 0 Å². The molecule has 608 valence electrons. The van der Waals surface area contributed by atoms with Crippen molar-refractivity contribution in [3.63, 3.8) is 0 Å². The van der Waals surface area contributed by atoms with E-state index in [4.69, 9.17) is 80.5 Å². The number of ether oxygens (including phenoxy) is 17. The van der Waals surface area contributed by atoms with E-state index >= 15 is 24.0 Å². The monoisotopic (exact) mass is 1610 g/mol. The van der Waals surface area contributed by atoms with Crippen molar-refractivity contribution in [2.45, 2.75) is 118 Å². The van der Waals surface area contributed by atoms with Crippen molar-refractivity contribution in [1.82, 2.24) is 0 Å². The van der Waals surface area contributed by atoms with Crippen LogP contribution in [0.4, 0.5) is 0 Å². The normalized spacial score (nSPS) is 23.7. The Morgan fingerprint density at radius 3 is 1.01 bits per heavy atom. The molecule has 119 heavy (non-hydrogen) atoms. The van der Waals surface area contributed by atoms with Crippen molar-refractivity contribution in [2.24, 2.45) is 0 Å². The smallest absolute Gasteiger partial charge is 0.338 e. The summed E-state index contributed by atoms with van der Waals surface area (Å²) >= 11 is 0. The van der Waals surface area contributed by atoms with Gasteiger partial charge < -0.3 is 80.5 Å². The van der Waals surface area contributed by atoms with Gasteiger partial charge in [-0.1, -0.05) is 194 Å². The first-order valence-electron chi connectivity index (χ1n) is 38.1. The first-order chi connectivity index (χ1) is 58.1. The maximum Gasteiger partial charge on any atom is 0.338 e. The van der Waals surface area contributed by atoms with Crippen molar-refractivity contribution in [2.75, 3.05) is 19.8 Å². The molecule has 4 aliphatic rings. The van der Waals surface area contributed by atoms with Crippen LogP contribution in [-0.2, 0) is 91.9 Å². The Balaban J connectivity index is 0.971. The molecule has 27 heteroatoms. The number of carbonyl (C=O) groups is 10. The van der Waals surface area contributed by atoms with Gasteiger partial charge >= 0.3 is 59.7 Å². The average molecular weight is 1620 g/mol. The molecular weight excluding hydrogens is 1540 g/mol. The molecule has 4 saturated heterocycles. The van der Waals surface area contributed by atoms with Gasteiger partial charge in [-0.25, -0.2) is 43.2 Å². The second-order valence-corrected chi connectivity index (χ2v) is 27.6. The minimum Gasteiger partial charge on any atom is -0.463 e. The lowest BCUT2D eigenvalue weighted by atomic mass is 9.93. The molecule has 0 aromatic heterocycles. The summed E-state index contributed by atoms with van der Waals surface area (Å²) in [6, 6.07) is 77.3. The topological polar surface area (TPSA) is 328 Å². The minimum atomic E-state index is -2.32. The Morgan fingerprint density at radius 1 is 0.286 bits per heavy atom. The van der Waals surface area contributed by atoms with E-state index in [0.29, 0.717) is 5.56 Å². The molecule has 27 nitrogen and oxygen atoms in total. The second kappa shape index (κ2) is 39.5. The lowest BCUT2D eigenvalue weighted by molar-refractivity contribution is -0.371. The summed E-state index contributed by atoms with van der Waals surface area (Å²) in [5, 5.41) is 0. The zero-order valence-corrected chi connectivity index (χ0v) is 63.5. The number of esters is 10. The van der Waals surface area contributed by atoms with Crippen LogP contribution in [0.15, 0.2) is 303 Å². The van der Waals surface area contributed by atoms with Crippen molar-refractivity contribution < 1.29 is 128 Å². The quantitative estimate of drug-likeness (QED) is 0.0298. The summed E-state index contributed by atoms with van der Waals surface area (Å²) in [4.78, 5) is 148. The number of hydrogen-bond donors (Lipinski definition) is 0. The number of rotatable bonds is 30. The van der Waals surface area contributed by atoms with Crippen LogP contribution in [0.1, 0.15) is 106 Å². The van der Waals surface area contributed by atoms with Gasteiger partial charge in [-0.3, -0.25) is 4.79 Å². The zero-order chi connectivity index (χ0) is 82.6. The van der Waals surface area contributed by atoms with Crippen LogP contribution >= 0.6 is 0 Å². The predicted octanol–water partition coefficient (Wildman–Crippen LogP) is 11.8. The van der Waals surface area contributed by atoms with Gasteiger partial charge in [0.1, 0.15) is 62.5 Å². The van der Waals surface area contributed by atoms with E-state index in [1.54, 1.807) is 170 Å². The summed E-state index contributed by atoms with van der Waals surface area (Å²) in [6.07, 6.45) is -33.2. The summed E-state index contributed by atoms with van der Waals surface area (Å²) in [5.41, 5.74) is 0.217. The molecule has 0 N–H and O–H groups in total. The van der Waals surface area contributed by atoms with Crippen LogP contribution in [0.3, 0.4) is 0 Å². The van der Waals surface area contributed by atoms with Crippen LogP contribution < -0.4 is 0 Å². The van der Waals surface area contributed by atoms with Gasteiger partial charge in [-0.05, 0) is 115 Å². The van der Waals surface area contributed by atoms with Gasteiger partial charge in [0.2, 0.25) is 0 Å². The summed E-state index contributed by atoms with van der Waals surface area (Å²) < 4.78 is 113. The van der Waals surface area contributed by atoms with Crippen LogP contribution in [0.5, 0.6) is 0 Å². The van der Waals surface area contributed by atoms with Gasteiger partial charge in [-0.15, -0.1) is 0 Å². The summed E-state index contributed by atoms with van der Waals surface area (Å²) in [7, 11) is 0. The second-order valence-electron chi connectivity index (χ2n) is 27.6. The molecule has 2 bridgehead atoms. The van der Waals surface area contributed by atoms with Gasteiger partial charge in [0, 0.05) is 6.92 Å². The van der Waals surface area contributed by atoms with Crippen LogP contribution in [0.2, 0.25) is 0 Å². The van der Waals surface area contributed by atoms with Crippen LogP contribution in [0.25, 0.3) is 0 Å². The van der Waals surface area contributed by atoms with E-state index in [-0.39, 0.29) is 56.7 Å². The molecule has 0 unspecified atom stereocenters. The molecule has 10 aromatic rings. The van der Waals surface area contributed by atoms with Crippen molar-refractivity contribution in [1.29, 1.82) is 0 Å². The predicted molar refractivity (Wildman–Crippen MR) is 415 cm³/mol. The SMILES string of the molecule is CC(=O)OC[C@@H]1O[C@@H]2O[C@H]1[C@@H](O[C@@H]1O[C@H](COC(=O)c3ccccc3)[C@@H](OC(=O)c3ccccc3)[C@H](OC(=O)c3ccccc3)[C@H]1OC(=O)c1ccccc1)[C@H](O[C@H]1O[C@H]([C@H](COC(=O)c3ccccc3)OC(=O)c3ccccc3)[C@@H](OC(=O)c3ccccc3)[C@H](OC(=O)c3ccccc3)[C@@H]1OC(=O)c1ccccc1)[C@@H]2OCc1ccccc1. The minimum absolute atomic E-state index is 0.0149. The third-order valence-electron chi connectivity index (χ3n) is 19.6. The third kappa shape index (κ3) is 20.7. The molecule has 14 rings (SSSR count). The summed E-state index contributed by atoms with van der Waals surface area (Å²) in [5.74, 6) is -10.2. The van der Waals surface area contributed by atoms with Gasteiger partial charge in [0.15, 0.2) is 61.6 Å². The number of carbonyl (C=O) groups excluding carboxylic acids is 10. The van der Waals surface area contributed by atoms with Crippen molar-refractivity contribution >= 4 is 59.7 Å². The van der Waals surface area contributed by atoms with E-state index in [1.165, 1.54) is 133 Å². The molecule has 0 radical (unpaired) electrons. The molecule has 0 amide bonds. The largest absolute Gasteiger partial charge is 0.463 e. The van der Waals surface area contributed by atoms with E-state index in [9.17, 15) is 24.0 Å². The van der Waals surface area contributed by atoms with Gasteiger partial charge in [0.05, 0.1) is 56.7 Å². The Kier molecular flexibility index (Phi) is 27.3. The Labute approximate surface area is 681 Å². The third-order valence-corrected chi connectivity index (χ3v) is 19.6. The Hall–Kier alpha value is -13.4. The average Bonchev–Trinajstić information content (AvgIpc) is 1.59. The fraction of sp³-hybridized carbons (Fsp3) is 0.239. The lowest BCUT2D eigenvalue weighted by Crippen LogP contribution is -2.68. The highest BCUT2D eigenvalue weighted by atomic mass is 16.8. The summed E-state index contributed by atoms with van der Waals surface area (Å²) in [6.45, 7) is -1.53. The standard InChI is InChI=1S/C92H78O27/c1-56(93)103-53-68-72-74(118-91-79(114-88(101)65-48-28-10-29-49-65)75(112-86(99)63-44-24-8-25-45-63)70(110-84(97)61-40-20-6-21-41-61)69(109-91)55-106-82(95)59-36-16-4-17-37-59)76(78(90(108-68)116-72)104-52-57-32-12-2-13-33-57)119-92-80(115-89(102)66-50-30-11-31-51-66)77(113-87(100)64-46-26-9-27-47-64)73(111-85(98)62-42-22-7-23-43-62)71(117-92)67(107-83(96)60-38-18-5-19-39-60)54-105-81(94)58-34-14-3-15-35-58/h2-51,67-80,90-92H,52-55H2,1H3/t67-,68-,69+,70+,71+,72+,73+,74+,75-,76-,77-,78-,79+,80-,90+,91-,92+/m0/s1. The van der Waals surface area contributed by atoms with Gasteiger partial charge in [0.25, 0.3) is 0 Å². The van der Waals surface area contributed by atoms with E-state index in [2.05, 4.69) is 0 Å². The molecule has 0 spiro atoms. The van der Waals surface area contributed by atoms with E-state index < -0.39 is 184 Å². The first-order valence-corrected chi connectivity index (χ1v) is 38.1.